The van der Waals surface area contributed by atoms with Crippen LogP contribution in [-0.2, 0) is 0 Å². The maximum atomic E-state index is 4.87. The minimum atomic E-state index is 0.612. The molecule has 0 radical (unpaired) electrons. The number of piperidine rings is 1. The van der Waals surface area contributed by atoms with Gasteiger partial charge in [-0.15, -0.1) is 0 Å². The zero-order valence-electron chi connectivity index (χ0n) is 10.5. The van der Waals surface area contributed by atoms with E-state index in [1.54, 1.807) is 0 Å². The van der Waals surface area contributed by atoms with Crippen molar-refractivity contribution in [3.05, 3.63) is 24.2 Å². The Balaban J connectivity index is 1.84. The predicted molar refractivity (Wildman–Crippen MR) is 70.6 cm³/mol. The average Bonchev–Trinajstić information content (AvgIpc) is 3.19. The molecule has 1 saturated carbocycles. The van der Waals surface area contributed by atoms with E-state index < -0.39 is 0 Å². The van der Waals surface area contributed by atoms with E-state index in [0.717, 1.165) is 24.3 Å². The van der Waals surface area contributed by atoms with Crippen LogP contribution in [0.3, 0.4) is 0 Å². The van der Waals surface area contributed by atoms with Crippen LogP contribution in [0.25, 0.3) is 11.2 Å². The van der Waals surface area contributed by atoms with Crippen LogP contribution in [-0.4, -0.2) is 27.6 Å². The van der Waals surface area contributed by atoms with Crippen LogP contribution in [0.5, 0.6) is 0 Å². The second-order valence-electron chi connectivity index (χ2n) is 5.44. The van der Waals surface area contributed by atoms with Crippen LogP contribution in [0.4, 0.5) is 0 Å². The highest BCUT2D eigenvalue weighted by molar-refractivity contribution is 5.71. The molecule has 0 spiro atoms. The number of aromatic nitrogens is 3. The molecule has 1 aliphatic heterocycles. The molecule has 0 unspecified atom stereocenters. The molecule has 0 atom stereocenters. The molecule has 0 aromatic carbocycles. The molecule has 2 aromatic heterocycles. The monoisotopic (exact) mass is 242 g/mol. The van der Waals surface area contributed by atoms with Gasteiger partial charge in [0, 0.05) is 18.2 Å². The number of rotatable bonds is 2. The molecule has 1 N–H and O–H groups in total. The van der Waals surface area contributed by atoms with Crippen LogP contribution in [0.2, 0.25) is 0 Å². The van der Waals surface area contributed by atoms with Gasteiger partial charge in [0.15, 0.2) is 5.65 Å². The SMILES string of the molecule is c1cnc2c(c1)nc(C1CCNCC1)n2C1CC1. The largest absolute Gasteiger partial charge is 0.317 e. The van der Waals surface area contributed by atoms with Gasteiger partial charge in [-0.1, -0.05) is 0 Å². The second-order valence-corrected chi connectivity index (χ2v) is 5.44. The summed E-state index contributed by atoms with van der Waals surface area (Å²) in [7, 11) is 0. The second kappa shape index (κ2) is 4.05. The van der Waals surface area contributed by atoms with Gasteiger partial charge in [-0.2, -0.15) is 0 Å². The fraction of sp³-hybridized carbons (Fsp3) is 0.571. The number of hydrogen-bond acceptors (Lipinski definition) is 3. The molecule has 0 bridgehead atoms. The van der Waals surface area contributed by atoms with Crippen molar-refractivity contribution in [1.82, 2.24) is 19.9 Å². The van der Waals surface area contributed by atoms with Crippen molar-refractivity contribution in [3.63, 3.8) is 0 Å². The lowest BCUT2D eigenvalue weighted by Crippen LogP contribution is -2.28. The molecular weight excluding hydrogens is 224 g/mol. The van der Waals surface area contributed by atoms with E-state index in [1.165, 1.54) is 31.5 Å². The number of fused-ring (bicyclic) bond motifs is 1. The van der Waals surface area contributed by atoms with Gasteiger partial charge in [-0.25, -0.2) is 9.97 Å². The number of imidazole rings is 1. The quantitative estimate of drug-likeness (QED) is 0.878. The fourth-order valence-electron chi connectivity index (χ4n) is 3.01. The number of pyridine rings is 1. The first-order chi connectivity index (χ1) is 8.93. The van der Waals surface area contributed by atoms with E-state index in [9.17, 15) is 0 Å². The first kappa shape index (κ1) is 10.5. The van der Waals surface area contributed by atoms with Crippen LogP contribution in [0.15, 0.2) is 18.3 Å². The van der Waals surface area contributed by atoms with Crippen molar-refractivity contribution in [3.8, 4) is 0 Å². The summed E-state index contributed by atoms with van der Waals surface area (Å²) in [5.41, 5.74) is 2.16. The zero-order chi connectivity index (χ0) is 11.9. The smallest absolute Gasteiger partial charge is 0.160 e. The van der Waals surface area contributed by atoms with Gasteiger partial charge in [-0.3, -0.25) is 0 Å². The van der Waals surface area contributed by atoms with Crippen molar-refractivity contribution < 1.29 is 0 Å². The summed E-state index contributed by atoms with van der Waals surface area (Å²) in [5, 5.41) is 3.43. The summed E-state index contributed by atoms with van der Waals surface area (Å²) < 4.78 is 2.42. The summed E-state index contributed by atoms with van der Waals surface area (Å²) in [5.74, 6) is 1.90. The Labute approximate surface area is 106 Å². The first-order valence-corrected chi connectivity index (χ1v) is 6.97. The maximum Gasteiger partial charge on any atom is 0.160 e. The molecule has 1 aliphatic carbocycles. The number of nitrogens with one attached hydrogen (secondary N) is 1. The molecule has 18 heavy (non-hydrogen) atoms. The Morgan fingerprint density at radius 1 is 1.17 bits per heavy atom. The van der Waals surface area contributed by atoms with Crippen molar-refractivity contribution in [2.24, 2.45) is 0 Å². The molecule has 1 saturated heterocycles. The topological polar surface area (TPSA) is 42.7 Å². The van der Waals surface area contributed by atoms with E-state index in [2.05, 4.69) is 20.9 Å². The summed E-state index contributed by atoms with van der Waals surface area (Å²) in [4.78, 5) is 9.41. The summed E-state index contributed by atoms with van der Waals surface area (Å²) in [6, 6.07) is 4.74. The fourth-order valence-corrected chi connectivity index (χ4v) is 3.01. The number of nitrogens with zero attached hydrogens (tertiary/aromatic N) is 3. The molecule has 2 fully saturated rings. The molecule has 2 aromatic rings. The minimum Gasteiger partial charge on any atom is -0.317 e. The summed E-state index contributed by atoms with van der Waals surface area (Å²) >= 11 is 0. The lowest BCUT2D eigenvalue weighted by Gasteiger charge is -2.23. The summed E-state index contributed by atoms with van der Waals surface area (Å²) in [6.45, 7) is 2.23. The maximum absolute atomic E-state index is 4.87. The normalized spacial score (nSPS) is 21.6. The van der Waals surface area contributed by atoms with Crippen LogP contribution in [0.1, 0.15) is 43.5 Å². The van der Waals surface area contributed by atoms with Crippen LogP contribution < -0.4 is 5.32 Å². The Bertz CT molecular complexity index is 564. The van der Waals surface area contributed by atoms with Gasteiger partial charge < -0.3 is 9.88 Å². The van der Waals surface area contributed by atoms with Crippen molar-refractivity contribution >= 4 is 11.2 Å². The first-order valence-electron chi connectivity index (χ1n) is 6.97. The van der Waals surface area contributed by atoms with Crippen LogP contribution in [0, 0.1) is 0 Å². The lowest BCUT2D eigenvalue weighted by atomic mass is 9.97. The highest BCUT2D eigenvalue weighted by Crippen LogP contribution is 2.40. The van der Waals surface area contributed by atoms with E-state index in [1.807, 2.05) is 12.3 Å². The lowest BCUT2D eigenvalue weighted by molar-refractivity contribution is 0.432. The Kier molecular flexibility index (Phi) is 2.36. The van der Waals surface area contributed by atoms with Crippen LogP contribution >= 0.6 is 0 Å². The van der Waals surface area contributed by atoms with Crippen molar-refractivity contribution in [1.29, 1.82) is 0 Å². The molecule has 3 heterocycles. The molecular formula is C14H18N4. The van der Waals surface area contributed by atoms with E-state index in [-0.39, 0.29) is 0 Å². The third kappa shape index (κ3) is 1.63. The molecule has 4 heteroatoms. The third-order valence-corrected chi connectivity index (χ3v) is 4.09. The molecule has 2 aliphatic rings. The van der Waals surface area contributed by atoms with Crippen molar-refractivity contribution in [2.45, 2.75) is 37.6 Å². The highest BCUT2D eigenvalue weighted by atomic mass is 15.2. The van der Waals surface area contributed by atoms with E-state index in [4.69, 9.17) is 4.98 Å². The predicted octanol–water partition coefficient (Wildman–Crippen LogP) is 2.23. The van der Waals surface area contributed by atoms with E-state index in [0.29, 0.717) is 12.0 Å². The molecule has 4 nitrogen and oxygen atoms in total. The van der Waals surface area contributed by atoms with E-state index >= 15 is 0 Å². The zero-order valence-corrected chi connectivity index (χ0v) is 10.5. The van der Waals surface area contributed by atoms with Gasteiger partial charge in [0.05, 0.1) is 0 Å². The molecule has 94 valence electrons. The van der Waals surface area contributed by atoms with Gasteiger partial charge >= 0.3 is 0 Å². The highest BCUT2D eigenvalue weighted by Gasteiger charge is 2.31. The Morgan fingerprint density at radius 3 is 2.78 bits per heavy atom. The summed E-state index contributed by atoms with van der Waals surface area (Å²) in [6.07, 6.45) is 6.88. The van der Waals surface area contributed by atoms with Gasteiger partial charge in [0.25, 0.3) is 0 Å². The Hall–Kier alpha value is -1.42. The number of hydrogen-bond donors (Lipinski definition) is 1. The average molecular weight is 242 g/mol. The molecule has 0 amide bonds. The molecule has 4 rings (SSSR count). The minimum absolute atomic E-state index is 0.612. The van der Waals surface area contributed by atoms with Gasteiger partial charge in [0.1, 0.15) is 11.3 Å². The van der Waals surface area contributed by atoms with Gasteiger partial charge in [-0.05, 0) is 50.9 Å². The Morgan fingerprint density at radius 2 is 2.00 bits per heavy atom. The standard InChI is InChI=1S/C14H18N4/c1-2-12-14(16-7-1)18(11-3-4-11)13(17-12)10-5-8-15-9-6-10/h1-2,7,10-11,15H,3-6,8-9H2. The third-order valence-electron chi connectivity index (χ3n) is 4.09. The van der Waals surface area contributed by atoms with Crippen molar-refractivity contribution in [2.75, 3.05) is 13.1 Å². The van der Waals surface area contributed by atoms with Gasteiger partial charge in [0.2, 0.25) is 0 Å².